The van der Waals surface area contributed by atoms with Crippen LogP contribution in [-0.4, -0.2) is 15.9 Å². The van der Waals surface area contributed by atoms with Crippen molar-refractivity contribution in [1.29, 1.82) is 0 Å². The summed E-state index contributed by atoms with van der Waals surface area (Å²) in [6, 6.07) is 26.3. The van der Waals surface area contributed by atoms with Crippen molar-refractivity contribution < 1.29 is 19.0 Å². The molecule has 0 aliphatic carbocycles. The van der Waals surface area contributed by atoms with E-state index in [0.717, 1.165) is 11.1 Å². The van der Waals surface area contributed by atoms with E-state index >= 15 is 0 Å². The maximum Gasteiger partial charge on any atom is 0.334 e. The molecule has 1 atom stereocenters. The topological polar surface area (TPSA) is 95.5 Å². The maximum absolute atomic E-state index is 13.0. The molecule has 0 fully saturated rings. The van der Waals surface area contributed by atoms with Gasteiger partial charge in [0, 0.05) is 18.4 Å². The van der Waals surface area contributed by atoms with Crippen molar-refractivity contribution in [2.75, 3.05) is 0 Å². The fourth-order valence-corrected chi connectivity index (χ4v) is 3.85. The number of ether oxygens (including phenoxy) is 1. The van der Waals surface area contributed by atoms with E-state index in [0.29, 0.717) is 17.9 Å². The van der Waals surface area contributed by atoms with Crippen LogP contribution in [0.25, 0.3) is 0 Å². The van der Waals surface area contributed by atoms with Crippen molar-refractivity contribution in [3.8, 4) is 5.75 Å². The van der Waals surface area contributed by atoms with E-state index in [2.05, 4.69) is 5.16 Å². The van der Waals surface area contributed by atoms with E-state index in [1.54, 1.807) is 12.1 Å². The molecule has 1 aromatic heterocycles. The number of hydrogen-bond donors (Lipinski definition) is 0. The highest BCUT2D eigenvalue weighted by Gasteiger charge is 2.28. The van der Waals surface area contributed by atoms with Gasteiger partial charge in [0.25, 0.3) is 0 Å². The first-order valence-electron chi connectivity index (χ1n) is 11.0. The number of carbonyl (C=O) groups excluding carboxylic acids is 1. The highest BCUT2D eigenvalue weighted by Crippen LogP contribution is 2.32. The summed E-state index contributed by atoms with van der Waals surface area (Å²) in [7, 11) is 0. The molecular formula is C27H24N2O5. The second-order valence-corrected chi connectivity index (χ2v) is 8.03. The minimum atomic E-state index is -0.488. The van der Waals surface area contributed by atoms with Crippen LogP contribution < -0.4 is 4.74 Å². The molecule has 0 N–H and O–H groups in total. The average molecular weight is 456 g/mol. The van der Waals surface area contributed by atoms with Crippen LogP contribution >= 0.6 is 0 Å². The van der Waals surface area contributed by atoms with Crippen molar-refractivity contribution >= 4 is 11.5 Å². The smallest absolute Gasteiger partial charge is 0.334 e. The van der Waals surface area contributed by atoms with Gasteiger partial charge in [-0.15, -0.1) is 0 Å². The van der Waals surface area contributed by atoms with Crippen LogP contribution in [0, 0.1) is 17.0 Å². The Morgan fingerprint density at radius 2 is 1.65 bits per heavy atom. The standard InChI is InChI=1S/C27H24N2O5/c1-19-27(29(31)32)26(34-28-19)17-23(16-25(30)22-10-6-3-7-11-22)21-12-14-24(15-13-21)33-18-20-8-4-2-5-9-20/h2-15,23H,16-18H2,1H3. The number of aromatic nitrogens is 1. The molecule has 34 heavy (non-hydrogen) atoms. The predicted octanol–water partition coefficient (Wildman–Crippen LogP) is 6.07. The highest BCUT2D eigenvalue weighted by atomic mass is 16.6. The van der Waals surface area contributed by atoms with Crippen LogP contribution in [0.2, 0.25) is 0 Å². The van der Waals surface area contributed by atoms with E-state index in [9.17, 15) is 14.9 Å². The Bertz CT molecular complexity index is 1250. The molecule has 0 spiro atoms. The van der Waals surface area contributed by atoms with Gasteiger partial charge in [-0.3, -0.25) is 14.9 Å². The molecule has 172 valence electrons. The Balaban J connectivity index is 1.55. The zero-order valence-corrected chi connectivity index (χ0v) is 18.7. The van der Waals surface area contributed by atoms with Crippen LogP contribution in [0.1, 0.15) is 45.3 Å². The number of hydrogen-bond acceptors (Lipinski definition) is 6. The molecule has 7 nitrogen and oxygen atoms in total. The lowest BCUT2D eigenvalue weighted by molar-refractivity contribution is -0.386. The molecule has 0 aliphatic rings. The summed E-state index contributed by atoms with van der Waals surface area (Å²) in [6.07, 6.45) is 0.352. The van der Waals surface area contributed by atoms with E-state index in [-0.39, 0.29) is 41.7 Å². The summed E-state index contributed by atoms with van der Waals surface area (Å²) in [5.74, 6) is 0.482. The van der Waals surface area contributed by atoms with Gasteiger partial charge >= 0.3 is 5.69 Å². The third-order valence-corrected chi connectivity index (χ3v) is 5.64. The second-order valence-electron chi connectivity index (χ2n) is 8.03. The second kappa shape index (κ2) is 10.6. The lowest BCUT2D eigenvalue weighted by atomic mass is 9.88. The minimum absolute atomic E-state index is 0.0473. The molecule has 0 bridgehead atoms. The van der Waals surface area contributed by atoms with Gasteiger partial charge in [0.05, 0.1) is 4.92 Å². The highest BCUT2D eigenvalue weighted by molar-refractivity contribution is 5.96. The molecule has 0 saturated heterocycles. The number of carbonyl (C=O) groups is 1. The molecule has 4 rings (SSSR count). The van der Waals surface area contributed by atoms with Crippen LogP contribution in [0.5, 0.6) is 5.75 Å². The maximum atomic E-state index is 13.0. The predicted molar refractivity (Wildman–Crippen MR) is 127 cm³/mol. The lowest BCUT2D eigenvalue weighted by Crippen LogP contribution is -2.11. The Labute approximate surface area is 197 Å². The first-order valence-corrected chi connectivity index (χ1v) is 11.0. The van der Waals surface area contributed by atoms with Crippen molar-refractivity contribution in [3.05, 3.63) is 123 Å². The van der Waals surface area contributed by atoms with Gasteiger partial charge in [-0.25, -0.2) is 0 Å². The molecule has 1 unspecified atom stereocenters. The molecule has 3 aromatic carbocycles. The normalized spacial score (nSPS) is 11.7. The number of aryl methyl sites for hydroxylation is 1. The molecular weight excluding hydrogens is 432 g/mol. The molecule has 0 radical (unpaired) electrons. The van der Waals surface area contributed by atoms with Crippen LogP contribution in [0.4, 0.5) is 5.69 Å². The summed E-state index contributed by atoms with van der Waals surface area (Å²) in [4.78, 5) is 24.0. The zero-order valence-electron chi connectivity index (χ0n) is 18.7. The van der Waals surface area contributed by atoms with Gasteiger partial charge in [-0.05, 0) is 36.1 Å². The number of Topliss-reactive ketones (excluding diaryl/α,β-unsaturated/α-hetero) is 1. The zero-order chi connectivity index (χ0) is 23.9. The molecule has 0 saturated carbocycles. The van der Waals surface area contributed by atoms with Crippen molar-refractivity contribution in [3.63, 3.8) is 0 Å². The van der Waals surface area contributed by atoms with Crippen molar-refractivity contribution in [1.82, 2.24) is 5.16 Å². The molecule has 1 heterocycles. The summed E-state index contributed by atoms with van der Waals surface area (Å²) >= 11 is 0. The van der Waals surface area contributed by atoms with Crippen LogP contribution in [0.3, 0.4) is 0 Å². The van der Waals surface area contributed by atoms with Gasteiger partial charge in [-0.2, -0.15) is 0 Å². The molecule has 4 aromatic rings. The Morgan fingerprint density at radius 3 is 2.29 bits per heavy atom. The first-order chi connectivity index (χ1) is 16.5. The van der Waals surface area contributed by atoms with Gasteiger partial charge in [-0.1, -0.05) is 78.0 Å². The van der Waals surface area contributed by atoms with Gasteiger partial charge in [0.2, 0.25) is 5.76 Å². The summed E-state index contributed by atoms with van der Waals surface area (Å²) in [5.41, 5.74) is 2.60. The van der Waals surface area contributed by atoms with Crippen LogP contribution in [-0.2, 0) is 13.0 Å². The summed E-state index contributed by atoms with van der Waals surface area (Å²) in [6.45, 7) is 1.98. The van der Waals surface area contributed by atoms with Gasteiger partial charge in [0.1, 0.15) is 12.4 Å². The quantitative estimate of drug-likeness (QED) is 0.163. The van der Waals surface area contributed by atoms with E-state index < -0.39 is 4.92 Å². The van der Waals surface area contributed by atoms with Gasteiger partial charge in [0.15, 0.2) is 11.5 Å². The fourth-order valence-electron chi connectivity index (χ4n) is 3.85. The monoisotopic (exact) mass is 456 g/mol. The fraction of sp³-hybridized carbons (Fsp3) is 0.185. The lowest BCUT2D eigenvalue weighted by Gasteiger charge is -2.16. The SMILES string of the molecule is Cc1noc(CC(CC(=O)c2ccccc2)c2ccc(OCc3ccccc3)cc2)c1[N+](=O)[O-]. The number of nitrogens with zero attached hydrogens (tertiary/aromatic N) is 2. The number of rotatable bonds is 10. The number of benzene rings is 3. The molecule has 0 amide bonds. The van der Waals surface area contributed by atoms with Crippen molar-refractivity contribution in [2.24, 2.45) is 0 Å². The largest absolute Gasteiger partial charge is 0.489 e. The summed E-state index contributed by atoms with van der Waals surface area (Å²) in [5, 5.41) is 15.3. The Hall–Kier alpha value is -4.26. The van der Waals surface area contributed by atoms with Crippen LogP contribution in [0.15, 0.2) is 89.5 Å². The first kappa shape index (κ1) is 22.9. The van der Waals surface area contributed by atoms with E-state index in [1.807, 2.05) is 72.8 Å². The Morgan fingerprint density at radius 1 is 1.00 bits per heavy atom. The van der Waals surface area contributed by atoms with Gasteiger partial charge < -0.3 is 9.26 Å². The molecule has 7 heteroatoms. The third kappa shape index (κ3) is 5.56. The number of ketones is 1. The van der Waals surface area contributed by atoms with E-state index in [4.69, 9.17) is 9.26 Å². The average Bonchev–Trinajstić information content (AvgIpc) is 3.24. The minimum Gasteiger partial charge on any atom is -0.489 e. The third-order valence-electron chi connectivity index (χ3n) is 5.64. The van der Waals surface area contributed by atoms with Crippen molar-refractivity contribution in [2.45, 2.75) is 32.3 Å². The Kier molecular flexibility index (Phi) is 7.13. The molecule has 0 aliphatic heterocycles. The van der Waals surface area contributed by atoms with E-state index in [1.165, 1.54) is 6.92 Å². The number of nitro groups is 1. The summed E-state index contributed by atoms with van der Waals surface area (Å²) < 4.78 is 11.1.